The third kappa shape index (κ3) is 4.53. The summed E-state index contributed by atoms with van der Waals surface area (Å²) in [5.41, 5.74) is 8.48. The van der Waals surface area contributed by atoms with Gasteiger partial charge in [0, 0.05) is 34.0 Å². The Hall–Kier alpha value is -3.67. The Labute approximate surface area is 201 Å². The van der Waals surface area contributed by atoms with Gasteiger partial charge >= 0.3 is 6.18 Å². The number of nitrogens with zero attached hydrogens (tertiary/aromatic N) is 5. The summed E-state index contributed by atoms with van der Waals surface area (Å²) in [4.78, 5) is 13.0. The van der Waals surface area contributed by atoms with Crippen molar-refractivity contribution in [2.24, 2.45) is 5.73 Å². The van der Waals surface area contributed by atoms with Crippen molar-refractivity contribution in [3.8, 4) is 27.6 Å². The van der Waals surface area contributed by atoms with E-state index in [0.29, 0.717) is 52.2 Å². The van der Waals surface area contributed by atoms with Crippen LogP contribution in [0.1, 0.15) is 17.1 Å². The lowest BCUT2D eigenvalue weighted by Crippen LogP contribution is -2.05. The van der Waals surface area contributed by atoms with Gasteiger partial charge in [0.05, 0.1) is 29.7 Å². The molecule has 0 aliphatic heterocycles. The van der Waals surface area contributed by atoms with Crippen molar-refractivity contribution in [2.75, 3.05) is 6.54 Å². The van der Waals surface area contributed by atoms with Gasteiger partial charge in [-0.25, -0.2) is 14.6 Å². The van der Waals surface area contributed by atoms with Gasteiger partial charge in [-0.15, -0.1) is 11.3 Å². The van der Waals surface area contributed by atoms with Gasteiger partial charge in [0.2, 0.25) is 0 Å². The summed E-state index contributed by atoms with van der Waals surface area (Å²) < 4.78 is 41.4. The van der Waals surface area contributed by atoms with Crippen LogP contribution in [0.25, 0.3) is 38.5 Å². The van der Waals surface area contributed by atoms with Crippen molar-refractivity contribution in [1.29, 1.82) is 0 Å². The number of halogens is 3. The highest BCUT2D eigenvalue weighted by Gasteiger charge is 2.34. The first kappa shape index (κ1) is 23.1. The summed E-state index contributed by atoms with van der Waals surface area (Å²) in [6, 6.07) is 14.4. The normalized spacial score (nSPS) is 11.9. The molecule has 11 heteroatoms. The fraction of sp³-hybridized carbons (Fsp3) is 0.167. The minimum atomic E-state index is -4.54. The molecule has 1 aromatic carbocycles. The lowest BCUT2D eigenvalue weighted by Gasteiger charge is -2.10. The molecule has 5 rings (SSSR count). The van der Waals surface area contributed by atoms with E-state index in [2.05, 4.69) is 20.1 Å². The number of alkyl halides is 3. The molecule has 0 fully saturated rings. The van der Waals surface area contributed by atoms with Crippen LogP contribution in [0.5, 0.6) is 0 Å². The second-order valence-electron chi connectivity index (χ2n) is 7.75. The van der Waals surface area contributed by atoms with Crippen molar-refractivity contribution in [1.82, 2.24) is 24.7 Å². The molecule has 3 N–H and O–H groups in total. The van der Waals surface area contributed by atoms with E-state index in [0.717, 1.165) is 22.4 Å². The van der Waals surface area contributed by atoms with E-state index < -0.39 is 11.9 Å². The Morgan fingerprint density at radius 1 is 1.00 bits per heavy atom. The number of hydrogen-bond donors (Lipinski definition) is 2. The standard InChI is InChI=1S/C24H19F3N6OS/c25-24(26,27)21-13-35-23(32-21)17-9-14(19-5-1-3-15(30-19)7-8-28)10-20-18(17)11-29-33(20)22-6-2-4-16(12-34)31-22/h1-6,9-11,13,34H,7-8,12,28H2. The molecule has 0 saturated heterocycles. The van der Waals surface area contributed by atoms with Gasteiger partial charge in [-0.1, -0.05) is 12.1 Å². The average molecular weight is 497 g/mol. The first-order valence-corrected chi connectivity index (χ1v) is 11.5. The first-order chi connectivity index (χ1) is 16.9. The molecule has 7 nitrogen and oxygen atoms in total. The molecule has 0 saturated carbocycles. The predicted molar refractivity (Wildman–Crippen MR) is 127 cm³/mol. The highest BCUT2D eigenvalue weighted by atomic mass is 32.1. The highest BCUT2D eigenvalue weighted by Crippen LogP contribution is 2.38. The molecular formula is C24H19F3N6OS. The van der Waals surface area contributed by atoms with Crippen LogP contribution in [0.3, 0.4) is 0 Å². The molecule has 0 atom stereocenters. The minimum Gasteiger partial charge on any atom is -0.390 e. The van der Waals surface area contributed by atoms with Gasteiger partial charge in [0.1, 0.15) is 5.01 Å². The lowest BCUT2D eigenvalue weighted by molar-refractivity contribution is -0.140. The Morgan fingerprint density at radius 3 is 2.54 bits per heavy atom. The molecule has 0 amide bonds. The quantitative estimate of drug-likeness (QED) is 0.356. The minimum absolute atomic E-state index is 0.221. The zero-order valence-electron chi connectivity index (χ0n) is 18.2. The van der Waals surface area contributed by atoms with Crippen LogP contribution in [-0.4, -0.2) is 36.4 Å². The molecule has 0 radical (unpaired) electrons. The Morgan fingerprint density at radius 2 is 1.80 bits per heavy atom. The smallest absolute Gasteiger partial charge is 0.390 e. The number of nitrogens with two attached hydrogens (primary N) is 1. The van der Waals surface area contributed by atoms with Crippen LogP contribution >= 0.6 is 11.3 Å². The zero-order chi connectivity index (χ0) is 24.6. The fourth-order valence-electron chi connectivity index (χ4n) is 3.76. The second kappa shape index (κ2) is 9.17. The van der Waals surface area contributed by atoms with Crippen molar-refractivity contribution in [3.63, 3.8) is 0 Å². The average Bonchev–Trinajstić information content (AvgIpc) is 3.52. The number of rotatable bonds is 6. The van der Waals surface area contributed by atoms with Crippen molar-refractivity contribution >= 4 is 22.2 Å². The van der Waals surface area contributed by atoms with E-state index in [1.165, 1.54) is 0 Å². The third-order valence-corrected chi connectivity index (χ3v) is 6.26. The largest absolute Gasteiger partial charge is 0.434 e. The second-order valence-corrected chi connectivity index (χ2v) is 8.60. The number of aliphatic hydroxyl groups is 1. The van der Waals surface area contributed by atoms with E-state index in [1.54, 1.807) is 35.1 Å². The van der Waals surface area contributed by atoms with Crippen LogP contribution in [0.4, 0.5) is 13.2 Å². The maximum Gasteiger partial charge on any atom is 0.434 e. The maximum absolute atomic E-state index is 13.3. The Balaban J connectivity index is 1.74. The molecule has 5 aromatic rings. The number of pyridine rings is 2. The summed E-state index contributed by atoms with van der Waals surface area (Å²) in [7, 11) is 0. The highest BCUT2D eigenvalue weighted by molar-refractivity contribution is 7.13. The van der Waals surface area contributed by atoms with Gasteiger partial charge in [-0.3, -0.25) is 4.98 Å². The van der Waals surface area contributed by atoms with E-state index in [1.807, 2.05) is 24.3 Å². The number of benzene rings is 1. The van der Waals surface area contributed by atoms with Crippen LogP contribution in [0.2, 0.25) is 0 Å². The SMILES string of the molecule is NCCc1cccc(-c2cc(-c3nc(C(F)(F)F)cs3)c3cnn(-c4cccc(CO)n4)c3c2)n1. The fourth-order valence-corrected chi connectivity index (χ4v) is 4.62. The summed E-state index contributed by atoms with van der Waals surface area (Å²) in [5.74, 6) is 0.467. The van der Waals surface area contributed by atoms with Crippen molar-refractivity contribution in [3.05, 3.63) is 77.2 Å². The van der Waals surface area contributed by atoms with Gasteiger partial charge in [-0.05, 0) is 42.9 Å². The first-order valence-electron chi connectivity index (χ1n) is 10.7. The van der Waals surface area contributed by atoms with Gasteiger partial charge in [-0.2, -0.15) is 18.3 Å². The maximum atomic E-state index is 13.3. The molecule has 4 heterocycles. The molecule has 0 unspecified atom stereocenters. The molecule has 0 aliphatic rings. The van der Waals surface area contributed by atoms with Crippen molar-refractivity contribution in [2.45, 2.75) is 19.2 Å². The number of aromatic nitrogens is 5. The summed E-state index contributed by atoms with van der Waals surface area (Å²) in [6.07, 6.45) is -2.36. The van der Waals surface area contributed by atoms with Gasteiger partial charge in [0.25, 0.3) is 0 Å². The van der Waals surface area contributed by atoms with Crippen LogP contribution in [0, 0.1) is 0 Å². The van der Waals surface area contributed by atoms with Crippen molar-refractivity contribution < 1.29 is 18.3 Å². The molecule has 0 aliphatic carbocycles. The number of thiazole rings is 1. The predicted octanol–water partition coefficient (Wildman–Crippen LogP) is 4.62. The molecule has 178 valence electrons. The number of hydrogen-bond acceptors (Lipinski definition) is 7. The third-order valence-electron chi connectivity index (χ3n) is 5.39. The zero-order valence-corrected chi connectivity index (χ0v) is 19.0. The van der Waals surface area contributed by atoms with E-state index in [9.17, 15) is 18.3 Å². The molecular weight excluding hydrogens is 477 g/mol. The van der Waals surface area contributed by atoms with E-state index in [4.69, 9.17) is 5.73 Å². The van der Waals surface area contributed by atoms with E-state index in [-0.39, 0.29) is 11.6 Å². The van der Waals surface area contributed by atoms with Gasteiger partial charge in [0.15, 0.2) is 11.5 Å². The van der Waals surface area contributed by atoms with Crippen LogP contribution in [0.15, 0.2) is 60.1 Å². The number of fused-ring (bicyclic) bond motifs is 1. The molecule has 4 aromatic heterocycles. The molecule has 0 spiro atoms. The summed E-state index contributed by atoms with van der Waals surface area (Å²) >= 11 is 0.917. The Kier molecular flexibility index (Phi) is 6.05. The summed E-state index contributed by atoms with van der Waals surface area (Å²) in [5, 5.41) is 15.8. The summed E-state index contributed by atoms with van der Waals surface area (Å²) in [6.45, 7) is 0.209. The lowest BCUT2D eigenvalue weighted by atomic mass is 10.0. The van der Waals surface area contributed by atoms with Crippen LogP contribution < -0.4 is 5.73 Å². The Bertz CT molecular complexity index is 1510. The topological polar surface area (TPSA) is 103 Å². The van der Waals surface area contributed by atoms with Crippen LogP contribution in [-0.2, 0) is 19.2 Å². The molecule has 0 bridgehead atoms. The van der Waals surface area contributed by atoms with Gasteiger partial charge < -0.3 is 10.8 Å². The number of aliphatic hydroxyl groups excluding tert-OH is 1. The molecule has 35 heavy (non-hydrogen) atoms. The monoisotopic (exact) mass is 496 g/mol. The van der Waals surface area contributed by atoms with E-state index >= 15 is 0 Å².